The lowest BCUT2D eigenvalue weighted by atomic mass is 9.90. The number of carbonyl (C=O) groups is 1. The topological polar surface area (TPSA) is 42.3 Å². The second-order valence-electron chi connectivity index (χ2n) is 8.30. The zero-order valence-corrected chi connectivity index (χ0v) is 18.9. The van der Waals surface area contributed by atoms with E-state index in [1.807, 2.05) is 23.1 Å². The summed E-state index contributed by atoms with van der Waals surface area (Å²) in [5.74, 6) is 0.637. The van der Waals surface area contributed by atoms with Crippen molar-refractivity contribution < 1.29 is 4.79 Å². The molecule has 5 rings (SSSR count). The van der Waals surface area contributed by atoms with Crippen molar-refractivity contribution in [1.29, 1.82) is 0 Å². The van der Waals surface area contributed by atoms with Gasteiger partial charge in [-0.05, 0) is 55.0 Å². The van der Waals surface area contributed by atoms with Crippen LogP contribution in [0.5, 0.6) is 0 Å². The average Bonchev–Trinajstić information content (AvgIpc) is 3.24. The Morgan fingerprint density at radius 3 is 2.55 bits per heavy atom. The number of nitrogens with zero attached hydrogens (tertiary/aromatic N) is 2. The maximum absolute atomic E-state index is 13.2. The molecule has 1 aliphatic rings. The van der Waals surface area contributed by atoms with Crippen molar-refractivity contribution in [2.75, 3.05) is 13.1 Å². The van der Waals surface area contributed by atoms with E-state index in [-0.39, 0.29) is 11.5 Å². The molecule has 1 amide bonds. The van der Waals surface area contributed by atoms with Crippen LogP contribution in [0.4, 0.5) is 0 Å². The van der Waals surface area contributed by atoms with Crippen molar-refractivity contribution in [2.24, 2.45) is 13.0 Å². The molecule has 31 heavy (non-hydrogen) atoms. The quantitative estimate of drug-likeness (QED) is 0.413. The minimum atomic E-state index is -0.0957. The summed E-state index contributed by atoms with van der Waals surface area (Å²) in [7, 11) is 1.75. The number of piperidine rings is 1. The van der Waals surface area contributed by atoms with E-state index in [0.29, 0.717) is 21.2 Å². The fourth-order valence-corrected chi connectivity index (χ4v) is 5.88. The summed E-state index contributed by atoms with van der Waals surface area (Å²) >= 11 is 7.55. The van der Waals surface area contributed by atoms with Gasteiger partial charge in [-0.1, -0.05) is 41.9 Å². The van der Waals surface area contributed by atoms with Gasteiger partial charge in [0, 0.05) is 35.2 Å². The van der Waals surface area contributed by atoms with Gasteiger partial charge in [0.15, 0.2) is 0 Å². The molecule has 4 nitrogen and oxygen atoms in total. The molecule has 4 aromatic rings. The Morgan fingerprint density at radius 1 is 1.06 bits per heavy atom. The van der Waals surface area contributed by atoms with Crippen LogP contribution < -0.4 is 5.56 Å². The van der Waals surface area contributed by atoms with Crippen molar-refractivity contribution in [3.63, 3.8) is 0 Å². The van der Waals surface area contributed by atoms with E-state index in [2.05, 4.69) is 24.3 Å². The molecular weight excluding hydrogens is 428 g/mol. The molecule has 0 saturated carbocycles. The molecule has 0 N–H and O–H groups in total. The first-order valence-corrected chi connectivity index (χ1v) is 11.8. The smallest absolute Gasteiger partial charge is 0.263 e. The lowest BCUT2D eigenvalue weighted by Gasteiger charge is -2.31. The van der Waals surface area contributed by atoms with Crippen molar-refractivity contribution >= 4 is 49.8 Å². The molecule has 0 atom stereocenters. The molecule has 1 saturated heterocycles. The first-order chi connectivity index (χ1) is 15.0. The molecule has 2 aromatic carbocycles. The van der Waals surface area contributed by atoms with E-state index in [4.69, 9.17) is 11.6 Å². The lowest BCUT2D eigenvalue weighted by molar-refractivity contribution is 0.0695. The number of fused-ring (bicyclic) bond motifs is 3. The summed E-state index contributed by atoms with van der Waals surface area (Å²) in [6, 6.07) is 17.9. The van der Waals surface area contributed by atoms with E-state index in [1.54, 1.807) is 23.7 Å². The number of rotatable bonds is 3. The summed E-state index contributed by atoms with van der Waals surface area (Å²) in [4.78, 5) is 28.7. The molecule has 1 fully saturated rings. The van der Waals surface area contributed by atoms with Crippen molar-refractivity contribution in [3.05, 3.63) is 80.4 Å². The van der Waals surface area contributed by atoms with Crippen LogP contribution >= 0.6 is 22.9 Å². The molecule has 0 spiro atoms. The highest BCUT2D eigenvalue weighted by molar-refractivity contribution is 7.21. The van der Waals surface area contributed by atoms with Gasteiger partial charge >= 0.3 is 0 Å². The maximum Gasteiger partial charge on any atom is 0.263 e. The van der Waals surface area contributed by atoms with Gasteiger partial charge in [0.2, 0.25) is 0 Å². The molecule has 2 aromatic heterocycles. The first-order valence-electron chi connectivity index (χ1n) is 10.6. The fraction of sp³-hybridized carbons (Fsp3) is 0.280. The van der Waals surface area contributed by atoms with E-state index in [0.717, 1.165) is 48.0 Å². The van der Waals surface area contributed by atoms with E-state index >= 15 is 0 Å². The number of amides is 1. The minimum absolute atomic E-state index is 0.0310. The Balaban J connectivity index is 1.39. The monoisotopic (exact) mass is 450 g/mol. The number of halogens is 1. The predicted octanol–water partition coefficient (Wildman–Crippen LogP) is 5.50. The number of likely N-dealkylation sites (tertiary alicyclic amines) is 1. The van der Waals surface area contributed by atoms with Gasteiger partial charge in [-0.25, -0.2) is 0 Å². The number of hydrogen-bond donors (Lipinski definition) is 0. The van der Waals surface area contributed by atoms with Crippen LogP contribution in [0.25, 0.3) is 21.0 Å². The summed E-state index contributed by atoms with van der Waals surface area (Å²) in [5.41, 5.74) is 2.05. The number of carbonyl (C=O) groups excluding carboxylic acids is 1. The third-order valence-corrected chi connectivity index (χ3v) is 7.70. The number of thiophene rings is 1. The highest BCUT2D eigenvalue weighted by Gasteiger charge is 2.26. The summed E-state index contributed by atoms with van der Waals surface area (Å²) in [6.07, 6.45) is 3.08. The Labute approximate surface area is 189 Å². The molecule has 0 bridgehead atoms. The lowest BCUT2D eigenvalue weighted by Crippen LogP contribution is -2.38. The van der Waals surface area contributed by atoms with Crippen LogP contribution in [0, 0.1) is 5.92 Å². The standard InChI is InChI=1S/C25H23ClN2O2S/c1-27-21-14-18(26)7-8-19(21)23-20(24(27)29)15-22(31-23)25(30)28-11-9-17(10-12-28)13-16-5-3-2-4-6-16/h2-8,14-15,17H,9-13H2,1H3. The number of benzene rings is 2. The van der Waals surface area contributed by atoms with Gasteiger partial charge in [0.05, 0.1) is 15.8 Å². The average molecular weight is 451 g/mol. The highest BCUT2D eigenvalue weighted by atomic mass is 35.5. The molecule has 0 unspecified atom stereocenters. The van der Waals surface area contributed by atoms with Crippen LogP contribution in [-0.2, 0) is 13.5 Å². The zero-order chi connectivity index (χ0) is 21.5. The second-order valence-corrected chi connectivity index (χ2v) is 9.79. The molecular formula is C25H23ClN2O2S. The van der Waals surface area contributed by atoms with E-state index in [9.17, 15) is 9.59 Å². The number of aromatic nitrogens is 1. The van der Waals surface area contributed by atoms with Crippen molar-refractivity contribution in [3.8, 4) is 0 Å². The largest absolute Gasteiger partial charge is 0.338 e. The van der Waals surface area contributed by atoms with Gasteiger partial charge in [0.25, 0.3) is 11.5 Å². The van der Waals surface area contributed by atoms with Gasteiger partial charge in [-0.15, -0.1) is 11.3 Å². The van der Waals surface area contributed by atoms with Gasteiger partial charge in [0.1, 0.15) is 0 Å². The van der Waals surface area contributed by atoms with Gasteiger partial charge in [-0.3, -0.25) is 9.59 Å². The predicted molar refractivity (Wildman–Crippen MR) is 128 cm³/mol. The van der Waals surface area contributed by atoms with Gasteiger partial charge < -0.3 is 9.47 Å². The molecule has 0 radical (unpaired) electrons. The summed E-state index contributed by atoms with van der Waals surface area (Å²) in [5, 5.41) is 2.14. The maximum atomic E-state index is 13.2. The first kappa shape index (κ1) is 20.3. The summed E-state index contributed by atoms with van der Waals surface area (Å²) in [6.45, 7) is 1.53. The third kappa shape index (κ3) is 3.77. The number of pyridine rings is 1. The molecule has 0 aliphatic carbocycles. The minimum Gasteiger partial charge on any atom is -0.338 e. The van der Waals surface area contributed by atoms with E-state index in [1.165, 1.54) is 16.9 Å². The molecule has 158 valence electrons. The Morgan fingerprint density at radius 2 is 1.81 bits per heavy atom. The van der Waals surface area contributed by atoms with Crippen LogP contribution in [0.2, 0.25) is 5.02 Å². The Bertz CT molecular complexity index is 1330. The third-order valence-electron chi connectivity index (χ3n) is 6.31. The second kappa shape index (κ2) is 8.13. The van der Waals surface area contributed by atoms with Gasteiger partial charge in [-0.2, -0.15) is 0 Å². The number of hydrogen-bond acceptors (Lipinski definition) is 3. The number of aryl methyl sites for hydroxylation is 1. The van der Waals surface area contributed by atoms with Crippen molar-refractivity contribution in [2.45, 2.75) is 19.3 Å². The Hall–Kier alpha value is -2.63. The molecule has 1 aliphatic heterocycles. The van der Waals surface area contributed by atoms with Crippen LogP contribution in [0.3, 0.4) is 0 Å². The molecule has 3 heterocycles. The van der Waals surface area contributed by atoms with Crippen LogP contribution in [0.1, 0.15) is 28.1 Å². The molecule has 6 heteroatoms. The highest BCUT2D eigenvalue weighted by Crippen LogP contribution is 2.33. The summed E-state index contributed by atoms with van der Waals surface area (Å²) < 4.78 is 2.47. The normalized spacial score (nSPS) is 15.1. The van der Waals surface area contributed by atoms with Crippen LogP contribution in [0.15, 0.2) is 59.4 Å². The fourth-order valence-electron chi connectivity index (χ4n) is 4.56. The van der Waals surface area contributed by atoms with Crippen LogP contribution in [-0.4, -0.2) is 28.5 Å². The Kier molecular flexibility index (Phi) is 5.32. The zero-order valence-electron chi connectivity index (χ0n) is 17.3. The SMILES string of the molecule is Cn1c(=O)c2cc(C(=O)N3CCC(Cc4ccccc4)CC3)sc2c2ccc(Cl)cc21. The van der Waals surface area contributed by atoms with E-state index < -0.39 is 0 Å². The van der Waals surface area contributed by atoms with Crippen molar-refractivity contribution in [1.82, 2.24) is 9.47 Å².